The summed E-state index contributed by atoms with van der Waals surface area (Å²) in [4.78, 5) is 23.7. The summed E-state index contributed by atoms with van der Waals surface area (Å²) in [5, 5.41) is 11.1. The first-order valence-electron chi connectivity index (χ1n) is 16.4. The summed E-state index contributed by atoms with van der Waals surface area (Å²) >= 11 is 0. The van der Waals surface area contributed by atoms with E-state index in [9.17, 15) is 23.1 Å². The predicted molar refractivity (Wildman–Crippen MR) is 175 cm³/mol. The van der Waals surface area contributed by atoms with Gasteiger partial charge >= 0.3 is 12.1 Å². The lowest BCUT2D eigenvalue weighted by molar-refractivity contribution is -0.179. The van der Waals surface area contributed by atoms with Crippen LogP contribution in [0.15, 0.2) is 72.8 Å². The fourth-order valence-corrected chi connectivity index (χ4v) is 7.25. The zero-order valence-corrected chi connectivity index (χ0v) is 26.3. The normalized spacial score (nSPS) is 19.2. The van der Waals surface area contributed by atoms with Crippen LogP contribution in [0.2, 0.25) is 0 Å². The number of hydrogen-bond donors (Lipinski definition) is 1. The molecule has 3 heterocycles. The number of piperidine rings is 1. The number of halogens is 4. The van der Waals surface area contributed by atoms with Crippen LogP contribution in [0.25, 0.3) is 21.9 Å². The minimum absolute atomic E-state index is 0.0200. The lowest BCUT2D eigenvalue weighted by Gasteiger charge is -2.34. The number of fused-ring (bicyclic) bond motifs is 2. The number of hydrogen-bond acceptors (Lipinski definition) is 5. The highest BCUT2D eigenvalue weighted by molar-refractivity contribution is 5.79. The van der Waals surface area contributed by atoms with Gasteiger partial charge in [0.15, 0.2) is 0 Å². The van der Waals surface area contributed by atoms with E-state index in [2.05, 4.69) is 4.98 Å². The molecule has 2 aliphatic rings. The van der Waals surface area contributed by atoms with Crippen molar-refractivity contribution in [1.82, 2.24) is 14.5 Å². The van der Waals surface area contributed by atoms with E-state index in [0.29, 0.717) is 41.2 Å². The number of pyridine rings is 1. The molecule has 2 fully saturated rings. The summed E-state index contributed by atoms with van der Waals surface area (Å²) < 4.78 is 63.2. The van der Waals surface area contributed by atoms with E-state index >= 15 is 4.39 Å². The van der Waals surface area contributed by atoms with Gasteiger partial charge in [0.1, 0.15) is 24.0 Å². The van der Waals surface area contributed by atoms with E-state index in [0.717, 1.165) is 35.0 Å². The molecule has 11 heteroatoms. The molecular weight excluding hydrogens is 624 g/mol. The summed E-state index contributed by atoms with van der Waals surface area (Å²) in [6.45, 7) is 0.787. The van der Waals surface area contributed by atoms with Gasteiger partial charge in [0.25, 0.3) is 0 Å². The van der Waals surface area contributed by atoms with Crippen molar-refractivity contribution in [2.75, 3.05) is 18.0 Å². The third-order valence-corrected chi connectivity index (χ3v) is 9.89. The van der Waals surface area contributed by atoms with Crippen LogP contribution in [0.5, 0.6) is 5.75 Å². The number of nitrogens with zero attached hydrogens (tertiary/aromatic N) is 4. The number of carboxylic acids is 1. The Balaban J connectivity index is 1.16. The molecule has 1 saturated heterocycles. The number of ether oxygens (including phenoxy) is 1. The van der Waals surface area contributed by atoms with Crippen LogP contribution in [0.3, 0.4) is 0 Å². The molecule has 1 aliphatic carbocycles. The highest BCUT2D eigenvalue weighted by Gasteiger charge is 2.41. The monoisotopic (exact) mass is 660 g/mol. The number of imidazole rings is 1. The van der Waals surface area contributed by atoms with Crippen LogP contribution in [-0.2, 0) is 17.9 Å². The molecule has 0 bridgehead atoms. The minimum atomic E-state index is -4.22. The molecule has 0 radical (unpaired) electrons. The Labute approximate surface area is 275 Å². The highest BCUT2D eigenvalue weighted by atomic mass is 19.4. The molecule has 7 rings (SSSR count). The van der Waals surface area contributed by atoms with Crippen molar-refractivity contribution in [2.24, 2.45) is 11.8 Å². The zero-order chi connectivity index (χ0) is 33.4. The van der Waals surface area contributed by atoms with Gasteiger partial charge in [-0.15, -0.1) is 0 Å². The summed E-state index contributed by atoms with van der Waals surface area (Å²) in [5.41, 5.74) is 3.93. The van der Waals surface area contributed by atoms with Crippen LogP contribution in [-0.4, -0.2) is 44.9 Å². The summed E-state index contributed by atoms with van der Waals surface area (Å²) in [6, 6.07) is 22.1. The Hall–Kier alpha value is -4.67. The van der Waals surface area contributed by atoms with E-state index in [1.165, 1.54) is 6.07 Å². The Morgan fingerprint density at radius 2 is 1.69 bits per heavy atom. The lowest BCUT2D eigenvalue weighted by Crippen LogP contribution is -2.39. The van der Waals surface area contributed by atoms with Crippen molar-refractivity contribution in [3.8, 4) is 5.75 Å². The minimum Gasteiger partial charge on any atom is -0.487 e. The maximum atomic E-state index is 15.7. The third-order valence-electron chi connectivity index (χ3n) is 9.89. The summed E-state index contributed by atoms with van der Waals surface area (Å²) in [6.07, 6.45) is -1.35. The van der Waals surface area contributed by atoms with E-state index in [1.807, 2.05) is 59.2 Å². The number of aromatic nitrogens is 3. The second-order valence-electron chi connectivity index (χ2n) is 12.9. The first-order valence-corrected chi connectivity index (χ1v) is 16.4. The molecule has 0 spiro atoms. The standard InChI is InChI=1S/C37H36F4N4O3/c38-31-19-27(44-17-15-25(16-18-44)37(39,40)41)12-10-24(31)21-45-34-14-13-28(48-22-26-11-9-23-5-1-4-8-32(23)42-26)20-33(34)43-35(45)29-6-2-3-7-30(29)36(46)47/h1,4-5,8-14,19-20,25,29-30H,2-3,6-7,15-18,21-22H2,(H,46,47). The predicted octanol–water partition coefficient (Wildman–Crippen LogP) is 8.49. The zero-order valence-electron chi connectivity index (χ0n) is 26.3. The number of rotatable bonds is 8. The Kier molecular flexibility index (Phi) is 8.70. The second-order valence-corrected chi connectivity index (χ2v) is 12.9. The number of alkyl halides is 3. The van der Waals surface area contributed by atoms with E-state index in [1.54, 1.807) is 17.0 Å². The first kappa shape index (κ1) is 31.9. The average Bonchev–Trinajstić information content (AvgIpc) is 3.45. The topological polar surface area (TPSA) is 80.5 Å². The van der Waals surface area contributed by atoms with Gasteiger partial charge in [-0.25, -0.2) is 14.4 Å². The molecule has 0 amide bonds. The van der Waals surface area contributed by atoms with Crippen LogP contribution < -0.4 is 9.64 Å². The smallest absolute Gasteiger partial charge is 0.391 e. The van der Waals surface area contributed by atoms with Crippen molar-refractivity contribution >= 4 is 33.6 Å². The Morgan fingerprint density at radius 1 is 0.896 bits per heavy atom. The van der Waals surface area contributed by atoms with Crippen molar-refractivity contribution < 1.29 is 32.2 Å². The third kappa shape index (κ3) is 6.55. The fourth-order valence-electron chi connectivity index (χ4n) is 7.25. The quantitative estimate of drug-likeness (QED) is 0.168. The van der Waals surface area contributed by atoms with Gasteiger partial charge in [0.05, 0.1) is 40.6 Å². The molecule has 2 atom stereocenters. The molecule has 1 N–H and O–H groups in total. The largest absolute Gasteiger partial charge is 0.487 e. The molecular formula is C37H36F4N4O3. The molecule has 1 saturated carbocycles. The molecule has 2 unspecified atom stereocenters. The summed E-state index contributed by atoms with van der Waals surface area (Å²) in [5.74, 6) is -2.43. The number of aliphatic carboxylic acids is 1. The Bertz CT molecular complexity index is 1950. The number of carbonyl (C=O) groups is 1. The van der Waals surface area contributed by atoms with E-state index in [-0.39, 0.29) is 45.0 Å². The average molecular weight is 661 g/mol. The maximum absolute atomic E-state index is 15.7. The van der Waals surface area contributed by atoms with E-state index in [4.69, 9.17) is 9.72 Å². The lowest BCUT2D eigenvalue weighted by atomic mass is 9.78. The second kappa shape index (κ2) is 13.1. The molecule has 1 aliphatic heterocycles. The molecule has 2 aromatic heterocycles. The van der Waals surface area contributed by atoms with Gasteiger partial charge in [0.2, 0.25) is 0 Å². The van der Waals surface area contributed by atoms with Gasteiger partial charge in [-0.05, 0) is 62.1 Å². The number of anilines is 1. The van der Waals surface area contributed by atoms with Crippen molar-refractivity contribution in [2.45, 2.75) is 63.8 Å². The highest BCUT2D eigenvalue weighted by Crippen LogP contribution is 2.40. The van der Waals surface area contributed by atoms with Gasteiger partial charge in [-0.1, -0.05) is 43.2 Å². The maximum Gasteiger partial charge on any atom is 0.391 e. The van der Waals surface area contributed by atoms with Crippen LogP contribution in [0.4, 0.5) is 23.2 Å². The van der Waals surface area contributed by atoms with Gasteiger partial charge < -0.3 is 19.3 Å². The fraction of sp³-hybridized carbons (Fsp3) is 0.378. The number of benzene rings is 3. The first-order chi connectivity index (χ1) is 23.1. The Morgan fingerprint density at radius 3 is 2.46 bits per heavy atom. The van der Waals surface area contributed by atoms with Crippen molar-refractivity contribution in [3.63, 3.8) is 0 Å². The van der Waals surface area contributed by atoms with E-state index < -0.39 is 29.8 Å². The van der Waals surface area contributed by atoms with Crippen LogP contribution >= 0.6 is 0 Å². The molecule has 3 aromatic carbocycles. The van der Waals surface area contributed by atoms with Crippen molar-refractivity contribution in [3.05, 3.63) is 95.7 Å². The van der Waals surface area contributed by atoms with Gasteiger partial charge in [-0.3, -0.25) is 4.79 Å². The molecule has 7 nitrogen and oxygen atoms in total. The molecule has 5 aromatic rings. The number of carboxylic acid groups (broad SMARTS) is 1. The van der Waals surface area contributed by atoms with Gasteiger partial charge in [0, 0.05) is 41.7 Å². The molecule has 48 heavy (non-hydrogen) atoms. The van der Waals surface area contributed by atoms with Crippen molar-refractivity contribution in [1.29, 1.82) is 0 Å². The SMILES string of the molecule is O=C(O)C1CCCCC1c1nc2cc(OCc3ccc4ccccc4n3)ccc2n1Cc1ccc(N2CCC(C(F)(F)F)CC2)cc1F. The molecule has 250 valence electrons. The van der Waals surface area contributed by atoms with Gasteiger partial charge in [-0.2, -0.15) is 13.2 Å². The number of para-hydroxylation sites is 1. The summed E-state index contributed by atoms with van der Waals surface area (Å²) in [7, 11) is 0. The van der Waals surface area contributed by atoms with Crippen LogP contribution in [0.1, 0.15) is 61.5 Å². The van der Waals surface area contributed by atoms with Crippen LogP contribution in [0, 0.1) is 17.7 Å².